The fraction of sp³-hybridized carbons (Fsp3) is 0.227. The SMILES string of the molecule is CS(=O)(=O)Nc1cccc(NC(=O)c2csc(N3CCN(CCc4ccccc4)C3=O)n2)c1. The van der Waals surface area contributed by atoms with Gasteiger partial charge in [0.15, 0.2) is 5.13 Å². The minimum atomic E-state index is -3.43. The number of hydrogen-bond acceptors (Lipinski definition) is 6. The highest BCUT2D eigenvalue weighted by Crippen LogP contribution is 2.25. The standard InChI is InChI=1S/C22H23N5O4S2/c1-33(30,31)25-18-9-5-8-17(14-18)23-20(28)19-15-32-21(24-19)27-13-12-26(22(27)29)11-10-16-6-3-2-4-7-16/h2-9,14-15,25H,10-13H2,1H3,(H,23,28). The Morgan fingerprint density at radius 1 is 1.09 bits per heavy atom. The molecule has 1 aliphatic heterocycles. The molecule has 2 N–H and O–H groups in total. The van der Waals surface area contributed by atoms with Gasteiger partial charge in [0.25, 0.3) is 5.91 Å². The summed E-state index contributed by atoms with van der Waals surface area (Å²) in [6, 6.07) is 16.3. The number of rotatable bonds is 8. The van der Waals surface area contributed by atoms with Gasteiger partial charge in [-0.3, -0.25) is 14.4 Å². The van der Waals surface area contributed by atoms with Gasteiger partial charge in [-0.15, -0.1) is 11.3 Å². The second-order valence-corrected chi connectivity index (χ2v) is 10.2. The van der Waals surface area contributed by atoms with E-state index in [-0.39, 0.29) is 11.7 Å². The topological polar surface area (TPSA) is 112 Å². The number of thiazole rings is 1. The average Bonchev–Trinajstić information content (AvgIpc) is 3.39. The fourth-order valence-electron chi connectivity index (χ4n) is 3.44. The average molecular weight is 486 g/mol. The molecule has 0 aliphatic carbocycles. The molecule has 4 rings (SSSR count). The lowest BCUT2D eigenvalue weighted by molar-refractivity contribution is 0.102. The molecule has 11 heteroatoms. The molecule has 0 unspecified atom stereocenters. The molecule has 0 atom stereocenters. The maximum absolute atomic E-state index is 12.8. The Morgan fingerprint density at radius 2 is 1.85 bits per heavy atom. The van der Waals surface area contributed by atoms with Crippen molar-refractivity contribution in [1.29, 1.82) is 0 Å². The minimum absolute atomic E-state index is 0.119. The third-order valence-electron chi connectivity index (χ3n) is 4.99. The van der Waals surface area contributed by atoms with Crippen LogP contribution in [0.25, 0.3) is 0 Å². The number of urea groups is 1. The monoisotopic (exact) mass is 485 g/mol. The second kappa shape index (κ2) is 9.59. The molecule has 1 aliphatic rings. The van der Waals surface area contributed by atoms with Gasteiger partial charge in [-0.2, -0.15) is 0 Å². The van der Waals surface area contributed by atoms with E-state index in [4.69, 9.17) is 0 Å². The molecule has 0 bridgehead atoms. The number of anilines is 3. The van der Waals surface area contributed by atoms with Gasteiger partial charge in [-0.25, -0.2) is 18.2 Å². The van der Waals surface area contributed by atoms with Crippen LogP contribution in [0.3, 0.4) is 0 Å². The van der Waals surface area contributed by atoms with Crippen molar-refractivity contribution in [2.24, 2.45) is 0 Å². The van der Waals surface area contributed by atoms with E-state index in [9.17, 15) is 18.0 Å². The summed E-state index contributed by atoms with van der Waals surface area (Å²) in [5.74, 6) is -0.443. The van der Waals surface area contributed by atoms with Crippen molar-refractivity contribution < 1.29 is 18.0 Å². The van der Waals surface area contributed by atoms with Gasteiger partial charge >= 0.3 is 6.03 Å². The van der Waals surface area contributed by atoms with Crippen LogP contribution in [-0.4, -0.2) is 56.1 Å². The highest BCUT2D eigenvalue weighted by Gasteiger charge is 2.31. The van der Waals surface area contributed by atoms with Crippen LogP contribution in [0, 0.1) is 0 Å². The molecule has 0 radical (unpaired) electrons. The predicted molar refractivity (Wildman–Crippen MR) is 129 cm³/mol. The summed E-state index contributed by atoms with van der Waals surface area (Å²) in [6.07, 6.45) is 1.83. The first kappa shape index (κ1) is 22.7. The zero-order valence-corrected chi connectivity index (χ0v) is 19.5. The van der Waals surface area contributed by atoms with Crippen molar-refractivity contribution in [3.63, 3.8) is 0 Å². The fourth-order valence-corrected chi connectivity index (χ4v) is 4.82. The van der Waals surface area contributed by atoms with E-state index in [1.165, 1.54) is 23.0 Å². The molecule has 9 nitrogen and oxygen atoms in total. The third-order valence-corrected chi connectivity index (χ3v) is 6.46. The molecule has 3 aromatic rings. The van der Waals surface area contributed by atoms with Gasteiger partial charge in [0.2, 0.25) is 10.0 Å². The zero-order chi connectivity index (χ0) is 23.4. The first-order valence-electron chi connectivity index (χ1n) is 10.2. The van der Waals surface area contributed by atoms with E-state index < -0.39 is 15.9 Å². The Labute approximate surface area is 196 Å². The predicted octanol–water partition coefficient (Wildman–Crippen LogP) is 3.25. The van der Waals surface area contributed by atoms with Crippen molar-refractivity contribution in [2.75, 3.05) is 40.8 Å². The Kier molecular flexibility index (Phi) is 6.61. The molecule has 33 heavy (non-hydrogen) atoms. The summed E-state index contributed by atoms with van der Waals surface area (Å²) < 4.78 is 25.2. The van der Waals surface area contributed by atoms with Crippen LogP contribution < -0.4 is 14.9 Å². The van der Waals surface area contributed by atoms with E-state index in [2.05, 4.69) is 15.0 Å². The molecule has 1 saturated heterocycles. The maximum Gasteiger partial charge on any atom is 0.326 e. The number of amides is 3. The van der Waals surface area contributed by atoms with Gasteiger partial charge in [-0.05, 0) is 30.2 Å². The molecule has 0 spiro atoms. The molecule has 2 heterocycles. The van der Waals surface area contributed by atoms with Crippen molar-refractivity contribution >= 4 is 49.8 Å². The van der Waals surface area contributed by atoms with E-state index in [1.54, 1.807) is 33.4 Å². The molecule has 2 aromatic carbocycles. The number of aromatic nitrogens is 1. The normalized spacial score (nSPS) is 13.9. The van der Waals surface area contributed by atoms with E-state index in [0.717, 1.165) is 12.7 Å². The van der Waals surface area contributed by atoms with Crippen LogP contribution in [0.4, 0.5) is 21.3 Å². The number of hydrogen-bond donors (Lipinski definition) is 2. The van der Waals surface area contributed by atoms with Crippen LogP contribution in [0.15, 0.2) is 60.0 Å². The first-order valence-corrected chi connectivity index (χ1v) is 13.0. The molecule has 0 saturated carbocycles. The smallest absolute Gasteiger partial charge is 0.322 e. The number of carbonyl (C=O) groups excluding carboxylic acids is 2. The minimum Gasteiger partial charge on any atom is -0.322 e. The molecular formula is C22H23N5O4S2. The quantitative estimate of drug-likeness (QED) is 0.509. The van der Waals surface area contributed by atoms with Gasteiger partial charge in [-0.1, -0.05) is 36.4 Å². The largest absolute Gasteiger partial charge is 0.326 e. The summed E-state index contributed by atoms with van der Waals surface area (Å²) >= 11 is 1.23. The summed E-state index contributed by atoms with van der Waals surface area (Å²) in [5.41, 5.74) is 2.12. The molecule has 3 amide bonds. The lowest BCUT2D eigenvalue weighted by Crippen LogP contribution is -2.33. The van der Waals surface area contributed by atoms with Crippen molar-refractivity contribution in [1.82, 2.24) is 9.88 Å². The summed E-state index contributed by atoms with van der Waals surface area (Å²) in [4.78, 5) is 33.2. The lowest BCUT2D eigenvalue weighted by Gasteiger charge is -2.16. The summed E-state index contributed by atoms with van der Waals surface area (Å²) in [7, 11) is -3.43. The van der Waals surface area contributed by atoms with E-state index in [0.29, 0.717) is 36.1 Å². The molecule has 1 aromatic heterocycles. The lowest BCUT2D eigenvalue weighted by atomic mass is 10.1. The van der Waals surface area contributed by atoms with Crippen LogP contribution in [0.2, 0.25) is 0 Å². The highest BCUT2D eigenvalue weighted by molar-refractivity contribution is 7.92. The Morgan fingerprint density at radius 3 is 2.61 bits per heavy atom. The molecule has 172 valence electrons. The molecular weight excluding hydrogens is 462 g/mol. The van der Waals surface area contributed by atoms with Gasteiger partial charge in [0, 0.05) is 30.7 Å². The highest BCUT2D eigenvalue weighted by atomic mass is 32.2. The Balaban J connectivity index is 1.37. The van der Waals surface area contributed by atoms with Gasteiger partial charge in [0.1, 0.15) is 5.69 Å². The van der Waals surface area contributed by atoms with Gasteiger partial charge < -0.3 is 10.2 Å². The zero-order valence-electron chi connectivity index (χ0n) is 17.9. The van der Waals surface area contributed by atoms with Crippen LogP contribution in [0.1, 0.15) is 16.1 Å². The number of sulfonamides is 1. The molecule has 1 fully saturated rings. The van der Waals surface area contributed by atoms with E-state index in [1.807, 2.05) is 30.3 Å². The number of nitrogens with zero attached hydrogens (tertiary/aromatic N) is 3. The third kappa shape index (κ3) is 5.88. The van der Waals surface area contributed by atoms with Crippen molar-refractivity contribution in [3.8, 4) is 0 Å². The van der Waals surface area contributed by atoms with Crippen molar-refractivity contribution in [2.45, 2.75) is 6.42 Å². The van der Waals surface area contributed by atoms with Gasteiger partial charge in [0.05, 0.1) is 11.9 Å². The number of nitrogens with one attached hydrogen (secondary N) is 2. The number of carbonyl (C=O) groups is 2. The van der Waals surface area contributed by atoms with Crippen molar-refractivity contribution in [3.05, 3.63) is 71.2 Å². The summed E-state index contributed by atoms with van der Waals surface area (Å²) in [6.45, 7) is 1.74. The van der Waals surface area contributed by atoms with Crippen LogP contribution in [0.5, 0.6) is 0 Å². The maximum atomic E-state index is 12.8. The Bertz CT molecular complexity index is 1260. The first-order chi connectivity index (χ1) is 15.8. The second-order valence-electron chi connectivity index (χ2n) is 7.58. The van der Waals surface area contributed by atoms with E-state index >= 15 is 0 Å². The number of benzene rings is 2. The summed E-state index contributed by atoms with van der Waals surface area (Å²) in [5, 5.41) is 4.78. The Hall–Kier alpha value is -3.44. The van der Waals surface area contributed by atoms with Crippen LogP contribution >= 0.6 is 11.3 Å². The van der Waals surface area contributed by atoms with Crippen LogP contribution in [-0.2, 0) is 16.4 Å².